The van der Waals surface area contributed by atoms with E-state index in [0.29, 0.717) is 0 Å². The smallest absolute Gasteiger partial charge is 0.124 e. The standard InChI is InChI=1S/C10H16O2/c11-12-10-7-3-1-5-9(10)6-2-4-8-10/h5,11H,1-4,6-8H2. The summed E-state index contributed by atoms with van der Waals surface area (Å²) in [7, 11) is 0. The maximum absolute atomic E-state index is 8.94. The number of fused-ring (bicyclic) bond motifs is 1. The molecule has 0 radical (unpaired) electrons. The second-order valence-corrected chi connectivity index (χ2v) is 3.91. The molecule has 1 N–H and O–H groups in total. The fourth-order valence-electron chi connectivity index (χ4n) is 2.50. The molecular formula is C10H16O2. The second kappa shape index (κ2) is 3.19. The molecule has 0 spiro atoms. The fraction of sp³-hybridized carbons (Fsp3) is 0.800. The van der Waals surface area contributed by atoms with Crippen molar-refractivity contribution in [3.8, 4) is 0 Å². The second-order valence-electron chi connectivity index (χ2n) is 3.91. The number of rotatable bonds is 1. The molecule has 2 rings (SSSR count). The predicted octanol–water partition coefficient (Wildman–Crippen LogP) is 2.90. The summed E-state index contributed by atoms with van der Waals surface area (Å²) < 4.78 is 0. The van der Waals surface area contributed by atoms with Crippen molar-refractivity contribution in [2.24, 2.45) is 0 Å². The van der Waals surface area contributed by atoms with Crippen LogP contribution in [0, 0.1) is 0 Å². The summed E-state index contributed by atoms with van der Waals surface area (Å²) in [6.45, 7) is 0. The third kappa shape index (κ3) is 1.19. The van der Waals surface area contributed by atoms with Crippen LogP contribution in [0.5, 0.6) is 0 Å². The lowest BCUT2D eigenvalue weighted by Gasteiger charge is -2.39. The van der Waals surface area contributed by atoms with E-state index < -0.39 is 0 Å². The van der Waals surface area contributed by atoms with E-state index in [4.69, 9.17) is 10.1 Å². The molecule has 2 heteroatoms. The Balaban J connectivity index is 2.23. The molecular weight excluding hydrogens is 152 g/mol. The molecule has 2 nitrogen and oxygen atoms in total. The van der Waals surface area contributed by atoms with Crippen molar-refractivity contribution in [3.05, 3.63) is 11.6 Å². The largest absolute Gasteiger partial charge is 0.251 e. The highest BCUT2D eigenvalue weighted by atomic mass is 17.1. The quantitative estimate of drug-likeness (QED) is 0.370. The zero-order chi connectivity index (χ0) is 8.44. The van der Waals surface area contributed by atoms with Gasteiger partial charge < -0.3 is 0 Å². The highest BCUT2D eigenvalue weighted by molar-refractivity contribution is 5.21. The minimum atomic E-state index is -0.267. The van der Waals surface area contributed by atoms with E-state index in [1.165, 1.54) is 24.8 Å². The van der Waals surface area contributed by atoms with Gasteiger partial charge >= 0.3 is 0 Å². The van der Waals surface area contributed by atoms with Gasteiger partial charge in [0.15, 0.2) is 0 Å². The van der Waals surface area contributed by atoms with Crippen molar-refractivity contribution in [3.63, 3.8) is 0 Å². The summed E-state index contributed by atoms with van der Waals surface area (Å²) in [5.41, 5.74) is 1.08. The molecule has 1 unspecified atom stereocenters. The number of hydrogen-bond donors (Lipinski definition) is 1. The first-order valence-electron chi connectivity index (χ1n) is 4.89. The van der Waals surface area contributed by atoms with Crippen molar-refractivity contribution in [2.45, 2.75) is 50.5 Å². The van der Waals surface area contributed by atoms with Gasteiger partial charge in [0.2, 0.25) is 0 Å². The van der Waals surface area contributed by atoms with Gasteiger partial charge in [-0.25, -0.2) is 4.89 Å². The molecule has 2 aliphatic rings. The van der Waals surface area contributed by atoms with Gasteiger partial charge in [-0.05, 0) is 50.5 Å². The van der Waals surface area contributed by atoms with E-state index in [0.717, 1.165) is 25.7 Å². The van der Waals surface area contributed by atoms with Crippen molar-refractivity contribution in [2.75, 3.05) is 0 Å². The Morgan fingerprint density at radius 2 is 2.08 bits per heavy atom. The van der Waals surface area contributed by atoms with E-state index in [9.17, 15) is 0 Å². The third-order valence-electron chi connectivity index (χ3n) is 3.21. The average Bonchev–Trinajstić information content (AvgIpc) is 2.18. The number of hydrogen-bond acceptors (Lipinski definition) is 2. The molecule has 0 aliphatic heterocycles. The van der Waals surface area contributed by atoms with E-state index in [2.05, 4.69) is 6.08 Å². The molecule has 1 saturated carbocycles. The topological polar surface area (TPSA) is 29.5 Å². The lowest BCUT2D eigenvalue weighted by Crippen LogP contribution is -2.38. The summed E-state index contributed by atoms with van der Waals surface area (Å²) in [6.07, 6.45) is 10.2. The Hall–Kier alpha value is -0.340. The van der Waals surface area contributed by atoms with Crippen LogP contribution in [-0.2, 0) is 4.89 Å². The lowest BCUT2D eigenvalue weighted by molar-refractivity contribution is -0.318. The molecule has 2 aliphatic carbocycles. The van der Waals surface area contributed by atoms with Crippen LogP contribution in [0.25, 0.3) is 0 Å². The first-order chi connectivity index (χ1) is 5.87. The highest BCUT2D eigenvalue weighted by Crippen LogP contribution is 2.42. The Bertz CT molecular complexity index is 198. The van der Waals surface area contributed by atoms with Crippen LogP contribution in [0.2, 0.25) is 0 Å². The minimum absolute atomic E-state index is 0.267. The Morgan fingerprint density at radius 3 is 2.83 bits per heavy atom. The monoisotopic (exact) mass is 168 g/mol. The third-order valence-corrected chi connectivity index (χ3v) is 3.21. The van der Waals surface area contributed by atoms with Crippen LogP contribution in [0.1, 0.15) is 44.9 Å². The fourth-order valence-corrected chi connectivity index (χ4v) is 2.50. The van der Waals surface area contributed by atoms with Crippen LogP contribution in [0.4, 0.5) is 0 Å². The zero-order valence-corrected chi connectivity index (χ0v) is 7.38. The van der Waals surface area contributed by atoms with Crippen molar-refractivity contribution >= 4 is 0 Å². The molecule has 0 heterocycles. The normalized spacial score (nSPS) is 35.6. The van der Waals surface area contributed by atoms with Gasteiger partial charge in [0, 0.05) is 0 Å². The molecule has 1 atom stereocenters. The van der Waals surface area contributed by atoms with Gasteiger partial charge in [-0.1, -0.05) is 6.08 Å². The van der Waals surface area contributed by atoms with Gasteiger partial charge in [0.1, 0.15) is 5.60 Å². The van der Waals surface area contributed by atoms with Gasteiger partial charge in [-0.3, -0.25) is 5.26 Å². The van der Waals surface area contributed by atoms with Crippen LogP contribution < -0.4 is 0 Å². The van der Waals surface area contributed by atoms with E-state index in [1.54, 1.807) is 0 Å². The maximum Gasteiger partial charge on any atom is 0.124 e. The molecule has 0 aromatic rings. The van der Waals surface area contributed by atoms with Crippen LogP contribution in [-0.4, -0.2) is 10.9 Å². The molecule has 0 aromatic carbocycles. The van der Waals surface area contributed by atoms with Crippen molar-refractivity contribution < 1.29 is 10.1 Å². The molecule has 0 saturated heterocycles. The lowest BCUT2D eigenvalue weighted by atomic mass is 9.74. The van der Waals surface area contributed by atoms with E-state index in [1.807, 2.05) is 0 Å². The first kappa shape index (κ1) is 8.27. The molecule has 68 valence electrons. The van der Waals surface area contributed by atoms with Crippen LogP contribution in [0.3, 0.4) is 0 Å². The Kier molecular flexibility index (Phi) is 2.20. The van der Waals surface area contributed by atoms with Gasteiger partial charge in [0.05, 0.1) is 0 Å². The number of allylic oxidation sites excluding steroid dienone is 1. The van der Waals surface area contributed by atoms with Crippen LogP contribution in [0.15, 0.2) is 11.6 Å². The Labute approximate surface area is 73.2 Å². The molecule has 0 amide bonds. The molecule has 0 bridgehead atoms. The zero-order valence-electron chi connectivity index (χ0n) is 7.38. The Morgan fingerprint density at radius 1 is 1.25 bits per heavy atom. The van der Waals surface area contributed by atoms with Crippen LogP contribution >= 0.6 is 0 Å². The first-order valence-corrected chi connectivity index (χ1v) is 4.89. The van der Waals surface area contributed by atoms with Gasteiger partial charge in [-0.15, -0.1) is 0 Å². The molecule has 12 heavy (non-hydrogen) atoms. The molecule has 0 aromatic heterocycles. The summed E-state index contributed by atoms with van der Waals surface area (Å²) in [5.74, 6) is 0. The van der Waals surface area contributed by atoms with E-state index in [-0.39, 0.29) is 5.60 Å². The summed E-state index contributed by atoms with van der Waals surface area (Å²) >= 11 is 0. The highest BCUT2D eigenvalue weighted by Gasteiger charge is 2.38. The predicted molar refractivity (Wildman–Crippen MR) is 46.8 cm³/mol. The van der Waals surface area contributed by atoms with Crippen molar-refractivity contribution in [1.29, 1.82) is 0 Å². The average molecular weight is 168 g/mol. The SMILES string of the molecule is OOC12CCCC=C1CCCC2. The maximum atomic E-state index is 8.94. The summed E-state index contributed by atoms with van der Waals surface area (Å²) in [5, 5.41) is 8.94. The summed E-state index contributed by atoms with van der Waals surface area (Å²) in [4.78, 5) is 4.71. The van der Waals surface area contributed by atoms with Gasteiger partial charge in [-0.2, -0.15) is 0 Å². The summed E-state index contributed by atoms with van der Waals surface area (Å²) in [6, 6.07) is 0. The van der Waals surface area contributed by atoms with Gasteiger partial charge in [0.25, 0.3) is 0 Å². The van der Waals surface area contributed by atoms with Crippen molar-refractivity contribution in [1.82, 2.24) is 0 Å². The van der Waals surface area contributed by atoms with E-state index >= 15 is 0 Å². The molecule has 1 fully saturated rings. The minimum Gasteiger partial charge on any atom is -0.251 e.